The second kappa shape index (κ2) is 6.36. The van der Waals surface area contributed by atoms with Crippen molar-refractivity contribution in [3.8, 4) is 0 Å². The van der Waals surface area contributed by atoms with Crippen molar-refractivity contribution in [2.75, 3.05) is 0 Å². The summed E-state index contributed by atoms with van der Waals surface area (Å²) in [6, 6.07) is 6.27. The highest BCUT2D eigenvalue weighted by Gasteiger charge is 2.21. The van der Waals surface area contributed by atoms with Crippen molar-refractivity contribution in [3.05, 3.63) is 50.6 Å². The lowest BCUT2D eigenvalue weighted by Crippen LogP contribution is -2.27. The second-order valence-corrected chi connectivity index (χ2v) is 7.64. The summed E-state index contributed by atoms with van der Waals surface area (Å²) in [5.74, 6) is 0. The fourth-order valence-corrected chi connectivity index (χ4v) is 4.86. The van der Waals surface area contributed by atoms with Gasteiger partial charge in [-0.05, 0) is 62.9 Å². The molecule has 0 aliphatic rings. The van der Waals surface area contributed by atoms with Gasteiger partial charge < -0.3 is 5.11 Å². The Balaban J connectivity index is 2.27. The van der Waals surface area contributed by atoms with E-state index in [1.807, 2.05) is 16.8 Å². The van der Waals surface area contributed by atoms with Crippen LogP contribution in [0.15, 0.2) is 44.4 Å². The van der Waals surface area contributed by atoms with E-state index in [1.54, 1.807) is 19.1 Å². The molecule has 1 aromatic carbocycles. The summed E-state index contributed by atoms with van der Waals surface area (Å²) in [6.07, 6.45) is 0. The highest BCUT2D eigenvalue weighted by Crippen LogP contribution is 2.25. The van der Waals surface area contributed by atoms with Crippen LogP contribution in [0.5, 0.6) is 0 Å². The lowest BCUT2D eigenvalue weighted by Gasteiger charge is -2.14. The largest absolute Gasteiger partial charge is 0.392 e. The van der Waals surface area contributed by atoms with Crippen LogP contribution in [0.2, 0.25) is 0 Å². The fraction of sp³-hybridized carbons (Fsp3) is 0.231. The maximum Gasteiger partial charge on any atom is 0.242 e. The van der Waals surface area contributed by atoms with Gasteiger partial charge in [-0.3, -0.25) is 0 Å². The Kier molecular flexibility index (Phi) is 4.98. The molecule has 0 amide bonds. The molecule has 20 heavy (non-hydrogen) atoms. The monoisotopic (exact) mass is 375 g/mol. The molecule has 1 atom stereocenters. The maximum absolute atomic E-state index is 12.4. The van der Waals surface area contributed by atoms with Gasteiger partial charge in [0.25, 0.3) is 0 Å². The molecule has 0 radical (unpaired) electrons. The van der Waals surface area contributed by atoms with Crippen LogP contribution in [0, 0.1) is 0 Å². The molecule has 0 saturated carbocycles. The summed E-state index contributed by atoms with van der Waals surface area (Å²) in [4.78, 5) is 0.164. The van der Waals surface area contributed by atoms with E-state index in [9.17, 15) is 8.42 Å². The Bertz CT molecular complexity index is 684. The van der Waals surface area contributed by atoms with Crippen molar-refractivity contribution in [2.24, 2.45) is 0 Å². The standard InChI is InChI=1S/C13H14BrNO3S2/c1-9(11-4-5-19-8-11)15-20(17,18)13-3-2-10(7-16)6-12(13)14/h2-6,8-9,15-16H,7H2,1H3. The van der Waals surface area contributed by atoms with Gasteiger partial charge >= 0.3 is 0 Å². The Labute approximate surface area is 130 Å². The quantitative estimate of drug-likeness (QED) is 0.843. The summed E-state index contributed by atoms with van der Waals surface area (Å²) in [5, 5.41) is 12.9. The number of halogens is 1. The van der Waals surface area contributed by atoms with Crippen molar-refractivity contribution in [1.29, 1.82) is 0 Å². The normalized spacial score (nSPS) is 13.3. The summed E-state index contributed by atoms with van der Waals surface area (Å²) in [7, 11) is -3.62. The first kappa shape index (κ1) is 15.7. The molecule has 0 aliphatic heterocycles. The van der Waals surface area contributed by atoms with Gasteiger partial charge in [0.2, 0.25) is 10.0 Å². The maximum atomic E-state index is 12.4. The summed E-state index contributed by atoms with van der Waals surface area (Å²) >= 11 is 4.76. The predicted molar refractivity (Wildman–Crippen MR) is 83.1 cm³/mol. The third-order valence-corrected chi connectivity index (χ3v) is 6.06. The van der Waals surface area contributed by atoms with Gasteiger partial charge in [-0.25, -0.2) is 13.1 Å². The van der Waals surface area contributed by atoms with Crippen molar-refractivity contribution in [1.82, 2.24) is 4.72 Å². The lowest BCUT2D eigenvalue weighted by atomic mass is 10.2. The first-order valence-corrected chi connectivity index (χ1v) is 9.09. The summed E-state index contributed by atoms with van der Waals surface area (Å²) in [5.41, 5.74) is 1.59. The number of rotatable bonds is 5. The average molecular weight is 376 g/mol. The molecule has 108 valence electrons. The SMILES string of the molecule is CC(NS(=O)(=O)c1ccc(CO)cc1Br)c1ccsc1. The molecular weight excluding hydrogens is 362 g/mol. The third-order valence-electron chi connectivity index (χ3n) is 2.84. The van der Waals surface area contributed by atoms with Gasteiger partial charge in [-0.2, -0.15) is 11.3 Å². The van der Waals surface area contributed by atoms with Crippen LogP contribution in [-0.2, 0) is 16.6 Å². The van der Waals surface area contributed by atoms with Crippen molar-refractivity contribution in [3.63, 3.8) is 0 Å². The molecule has 2 N–H and O–H groups in total. The number of hydrogen-bond donors (Lipinski definition) is 2. The molecule has 0 aliphatic carbocycles. The zero-order valence-electron chi connectivity index (χ0n) is 10.7. The molecule has 4 nitrogen and oxygen atoms in total. The van der Waals surface area contributed by atoms with Crippen molar-refractivity contribution in [2.45, 2.75) is 24.5 Å². The predicted octanol–water partition coefficient (Wildman–Crippen LogP) is 3.04. The number of hydrogen-bond acceptors (Lipinski definition) is 4. The van der Waals surface area contributed by atoms with Crippen LogP contribution in [-0.4, -0.2) is 13.5 Å². The van der Waals surface area contributed by atoms with Crippen molar-refractivity contribution < 1.29 is 13.5 Å². The van der Waals surface area contributed by atoms with Crippen LogP contribution in [0.1, 0.15) is 24.1 Å². The van der Waals surface area contributed by atoms with E-state index in [4.69, 9.17) is 5.11 Å². The molecular formula is C13H14BrNO3S2. The van der Waals surface area contributed by atoms with Crippen LogP contribution >= 0.6 is 27.3 Å². The Morgan fingerprint density at radius 1 is 1.40 bits per heavy atom. The molecule has 0 spiro atoms. The van der Waals surface area contributed by atoms with Gasteiger partial charge in [0.1, 0.15) is 0 Å². The summed E-state index contributed by atoms with van der Waals surface area (Å²) < 4.78 is 27.8. The number of nitrogens with one attached hydrogen (secondary N) is 1. The van der Waals surface area contributed by atoms with E-state index in [1.165, 1.54) is 17.4 Å². The van der Waals surface area contributed by atoms with E-state index < -0.39 is 10.0 Å². The summed E-state index contributed by atoms with van der Waals surface area (Å²) in [6.45, 7) is 1.67. The number of aliphatic hydroxyl groups is 1. The minimum absolute atomic E-state index is 0.127. The minimum atomic E-state index is -3.62. The minimum Gasteiger partial charge on any atom is -0.392 e. The third kappa shape index (κ3) is 3.48. The number of thiophene rings is 1. The zero-order valence-corrected chi connectivity index (χ0v) is 13.9. The van der Waals surface area contributed by atoms with Gasteiger partial charge in [0, 0.05) is 10.5 Å². The topological polar surface area (TPSA) is 66.4 Å². The molecule has 0 saturated heterocycles. The van der Waals surface area contributed by atoms with E-state index in [0.29, 0.717) is 10.0 Å². The van der Waals surface area contributed by atoms with Crippen LogP contribution in [0.4, 0.5) is 0 Å². The van der Waals surface area contributed by atoms with Gasteiger partial charge in [-0.15, -0.1) is 0 Å². The lowest BCUT2D eigenvalue weighted by molar-refractivity contribution is 0.281. The van der Waals surface area contributed by atoms with Crippen molar-refractivity contribution >= 4 is 37.3 Å². The number of sulfonamides is 1. The Morgan fingerprint density at radius 3 is 2.70 bits per heavy atom. The number of aliphatic hydroxyl groups excluding tert-OH is 1. The molecule has 2 aromatic rings. The molecule has 7 heteroatoms. The highest BCUT2D eigenvalue weighted by molar-refractivity contribution is 9.10. The van der Waals surface area contributed by atoms with E-state index in [0.717, 1.165) is 5.56 Å². The molecule has 1 heterocycles. The fourth-order valence-electron chi connectivity index (χ4n) is 1.75. The van der Waals surface area contributed by atoms with Crippen LogP contribution in [0.25, 0.3) is 0 Å². The molecule has 2 rings (SSSR count). The van der Waals surface area contributed by atoms with E-state index in [-0.39, 0.29) is 17.5 Å². The molecule has 0 bridgehead atoms. The first-order valence-electron chi connectivity index (χ1n) is 5.88. The van der Waals surface area contributed by atoms with E-state index >= 15 is 0 Å². The van der Waals surface area contributed by atoms with Crippen LogP contribution < -0.4 is 4.72 Å². The Hall–Kier alpha value is -0.730. The number of benzene rings is 1. The van der Waals surface area contributed by atoms with Gasteiger partial charge in [0.15, 0.2) is 0 Å². The van der Waals surface area contributed by atoms with Gasteiger partial charge in [-0.1, -0.05) is 6.07 Å². The highest BCUT2D eigenvalue weighted by atomic mass is 79.9. The Morgan fingerprint density at radius 2 is 2.15 bits per heavy atom. The molecule has 0 fully saturated rings. The average Bonchev–Trinajstić information content (AvgIpc) is 2.91. The molecule has 1 unspecified atom stereocenters. The van der Waals surface area contributed by atoms with E-state index in [2.05, 4.69) is 20.7 Å². The first-order chi connectivity index (χ1) is 9.44. The smallest absolute Gasteiger partial charge is 0.242 e. The molecule has 1 aromatic heterocycles. The van der Waals surface area contributed by atoms with Gasteiger partial charge in [0.05, 0.1) is 11.5 Å². The zero-order chi connectivity index (χ0) is 14.8. The second-order valence-electron chi connectivity index (χ2n) is 4.32. The van der Waals surface area contributed by atoms with Crippen LogP contribution in [0.3, 0.4) is 0 Å².